The van der Waals surface area contributed by atoms with Crippen LogP contribution in [0.2, 0.25) is 5.02 Å². The SMILES string of the molecule is COc1ccc(C=CC(=O)c2nn(C)cc2Cl)cc1OC. The van der Waals surface area contributed by atoms with E-state index in [0.29, 0.717) is 16.5 Å². The minimum atomic E-state index is -0.254. The summed E-state index contributed by atoms with van der Waals surface area (Å²) in [5.41, 5.74) is 1.05. The monoisotopic (exact) mass is 306 g/mol. The fourth-order valence-corrected chi connectivity index (χ4v) is 2.11. The first kappa shape index (κ1) is 15.1. The lowest BCUT2D eigenvalue weighted by atomic mass is 10.1. The van der Waals surface area contributed by atoms with Crippen LogP contribution in [0, 0.1) is 0 Å². The first-order chi connectivity index (χ1) is 10.0. The van der Waals surface area contributed by atoms with Crippen LogP contribution in [0.15, 0.2) is 30.5 Å². The van der Waals surface area contributed by atoms with Crippen molar-refractivity contribution in [3.05, 3.63) is 46.8 Å². The normalized spacial score (nSPS) is 10.9. The molecule has 0 saturated heterocycles. The van der Waals surface area contributed by atoms with E-state index in [9.17, 15) is 4.79 Å². The van der Waals surface area contributed by atoms with Gasteiger partial charge in [0.15, 0.2) is 17.2 Å². The number of nitrogens with zero attached hydrogens (tertiary/aromatic N) is 2. The molecule has 0 bridgehead atoms. The van der Waals surface area contributed by atoms with Crippen molar-refractivity contribution in [3.8, 4) is 11.5 Å². The molecule has 2 rings (SSSR count). The summed E-state index contributed by atoms with van der Waals surface area (Å²) < 4.78 is 11.9. The molecule has 21 heavy (non-hydrogen) atoms. The highest BCUT2D eigenvalue weighted by Crippen LogP contribution is 2.28. The first-order valence-corrected chi connectivity index (χ1v) is 6.56. The number of halogens is 1. The molecule has 0 aliphatic rings. The molecule has 5 nitrogen and oxygen atoms in total. The van der Waals surface area contributed by atoms with Crippen molar-refractivity contribution in [3.63, 3.8) is 0 Å². The standard InChI is InChI=1S/C15H15ClN2O3/c1-18-9-11(16)15(17-18)12(19)6-4-10-5-7-13(20-2)14(8-10)21-3/h4-9H,1-3H3. The van der Waals surface area contributed by atoms with E-state index in [2.05, 4.69) is 5.10 Å². The second-order valence-corrected chi connectivity index (χ2v) is 4.72. The van der Waals surface area contributed by atoms with Crippen molar-refractivity contribution in [2.24, 2.45) is 7.05 Å². The molecule has 0 radical (unpaired) electrons. The van der Waals surface area contributed by atoms with Crippen LogP contribution in [0.4, 0.5) is 0 Å². The van der Waals surface area contributed by atoms with E-state index in [1.807, 2.05) is 6.07 Å². The Labute approximate surface area is 127 Å². The lowest BCUT2D eigenvalue weighted by Crippen LogP contribution is -1.98. The molecule has 0 N–H and O–H groups in total. The largest absolute Gasteiger partial charge is 0.493 e. The second-order valence-electron chi connectivity index (χ2n) is 4.31. The number of carbonyl (C=O) groups is 1. The predicted octanol–water partition coefficient (Wildman–Crippen LogP) is 2.99. The van der Waals surface area contributed by atoms with Gasteiger partial charge < -0.3 is 9.47 Å². The molecule has 0 atom stereocenters. The van der Waals surface area contributed by atoms with Gasteiger partial charge in [0, 0.05) is 13.2 Å². The second kappa shape index (κ2) is 6.45. The molecule has 0 saturated carbocycles. The number of hydrogen-bond acceptors (Lipinski definition) is 4. The zero-order valence-corrected chi connectivity index (χ0v) is 12.7. The number of rotatable bonds is 5. The number of ketones is 1. The summed E-state index contributed by atoms with van der Waals surface area (Å²) >= 11 is 5.93. The molecule has 6 heteroatoms. The van der Waals surface area contributed by atoms with Gasteiger partial charge >= 0.3 is 0 Å². The van der Waals surface area contributed by atoms with Crippen LogP contribution in [0.5, 0.6) is 11.5 Å². The van der Waals surface area contributed by atoms with E-state index in [0.717, 1.165) is 5.56 Å². The highest BCUT2D eigenvalue weighted by Gasteiger charge is 2.11. The van der Waals surface area contributed by atoms with E-state index in [4.69, 9.17) is 21.1 Å². The van der Waals surface area contributed by atoms with Crippen LogP contribution in [0.25, 0.3) is 6.08 Å². The molecular formula is C15H15ClN2O3. The minimum Gasteiger partial charge on any atom is -0.493 e. The lowest BCUT2D eigenvalue weighted by molar-refractivity contribution is 0.104. The quantitative estimate of drug-likeness (QED) is 0.629. The van der Waals surface area contributed by atoms with Gasteiger partial charge in [-0.1, -0.05) is 23.7 Å². The van der Waals surface area contributed by atoms with Gasteiger partial charge in [-0.2, -0.15) is 5.10 Å². The molecule has 2 aromatic rings. The summed E-state index contributed by atoms with van der Waals surface area (Å²) in [5, 5.41) is 4.36. The zero-order chi connectivity index (χ0) is 15.4. The van der Waals surface area contributed by atoms with Crippen LogP contribution in [-0.2, 0) is 7.05 Å². The van der Waals surface area contributed by atoms with Crippen LogP contribution >= 0.6 is 11.6 Å². The Morgan fingerprint density at radius 2 is 2.00 bits per heavy atom. The van der Waals surface area contributed by atoms with Crippen LogP contribution in [-0.4, -0.2) is 29.8 Å². The Bertz CT molecular complexity index is 692. The van der Waals surface area contributed by atoms with Crippen molar-refractivity contribution >= 4 is 23.5 Å². The van der Waals surface area contributed by atoms with Crippen molar-refractivity contribution in [1.29, 1.82) is 0 Å². The van der Waals surface area contributed by atoms with Crippen LogP contribution in [0.3, 0.4) is 0 Å². The molecule has 1 heterocycles. The Kier molecular flexibility index (Phi) is 4.65. The molecule has 0 amide bonds. The Morgan fingerprint density at radius 1 is 1.29 bits per heavy atom. The summed E-state index contributed by atoms with van der Waals surface area (Å²) in [4.78, 5) is 12.0. The Hall–Kier alpha value is -2.27. The number of allylic oxidation sites excluding steroid dienone is 1. The van der Waals surface area contributed by atoms with Crippen molar-refractivity contribution in [2.45, 2.75) is 0 Å². The average molecular weight is 307 g/mol. The molecular weight excluding hydrogens is 292 g/mol. The smallest absolute Gasteiger partial charge is 0.207 e. The summed E-state index contributed by atoms with van der Waals surface area (Å²) in [6, 6.07) is 5.38. The van der Waals surface area contributed by atoms with Gasteiger partial charge in [-0.15, -0.1) is 0 Å². The van der Waals surface area contributed by atoms with E-state index >= 15 is 0 Å². The molecule has 0 aliphatic carbocycles. The third-order valence-electron chi connectivity index (χ3n) is 2.85. The third kappa shape index (κ3) is 3.44. The maximum absolute atomic E-state index is 12.0. The van der Waals surface area contributed by atoms with Gasteiger partial charge in [-0.25, -0.2) is 0 Å². The lowest BCUT2D eigenvalue weighted by Gasteiger charge is -2.07. The van der Waals surface area contributed by atoms with Crippen LogP contribution in [0.1, 0.15) is 16.1 Å². The minimum absolute atomic E-state index is 0.232. The zero-order valence-electron chi connectivity index (χ0n) is 12.0. The number of ether oxygens (including phenoxy) is 2. The van der Waals surface area contributed by atoms with Crippen molar-refractivity contribution in [1.82, 2.24) is 9.78 Å². The molecule has 0 fully saturated rings. The van der Waals surface area contributed by atoms with E-state index < -0.39 is 0 Å². The topological polar surface area (TPSA) is 53.3 Å². The predicted molar refractivity (Wildman–Crippen MR) is 81.1 cm³/mol. The fourth-order valence-electron chi connectivity index (χ4n) is 1.83. The average Bonchev–Trinajstić information content (AvgIpc) is 2.83. The molecule has 0 unspecified atom stereocenters. The van der Waals surface area contributed by atoms with Gasteiger partial charge in [-0.05, 0) is 23.8 Å². The van der Waals surface area contributed by atoms with Gasteiger partial charge in [0.1, 0.15) is 0 Å². The fraction of sp³-hybridized carbons (Fsp3) is 0.200. The number of aromatic nitrogens is 2. The van der Waals surface area contributed by atoms with Crippen molar-refractivity contribution < 1.29 is 14.3 Å². The number of hydrogen-bond donors (Lipinski definition) is 0. The molecule has 0 aliphatic heterocycles. The highest BCUT2D eigenvalue weighted by molar-refractivity contribution is 6.34. The first-order valence-electron chi connectivity index (χ1n) is 6.18. The Morgan fingerprint density at radius 3 is 2.57 bits per heavy atom. The number of aryl methyl sites for hydroxylation is 1. The Balaban J connectivity index is 2.21. The molecule has 110 valence electrons. The van der Waals surface area contributed by atoms with Crippen molar-refractivity contribution in [2.75, 3.05) is 14.2 Å². The number of methoxy groups -OCH3 is 2. The van der Waals surface area contributed by atoms with E-state index in [1.54, 1.807) is 45.7 Å². The van der Waals surface area contributed by atoms with Gasteiger partial charge in [-0.3, -0.25) is 9.48 Å². The molecule has 1 aromatic heterocycles. The third-order valence-corrected chi connectivity index (χ3v) is 3.13. The van der Waals surface area contributed by atoms with E-state index in [1.165, 1.54) is 10.8 Å². The maximum Gasteiger partial charge on any atom is 0.207 e. The van der Waals surface area contributed by atoms with Gasteiger partial charge in [0.05, 0.1) is 19.2 Å². The molecule has 0 spiro atoms. The highest BCUT2D eigenvalue weighted by atomic mass is 35.5. The summed E-state index contributed by atoms with van der Waals surface area (Å²) in [6.07, 6.45) is 4.68. The van der Waals surface area contributed by atoms with Gasteiger partial charge in [0.25, 0.3) is 0 Å². The summed E-state index contributed by atoms with van der Waals surface area (Å²) in [5.74, 6) is 0.979. The van der Waals surface area contributed by atoms with E-state index in [-0.39, 0.29) is 11.5 Å². The maximum atomic E-state index is 12.0. The summed E-state index contributed by atoms with van der Waals surface area (Å²) in [7, 11) is 4.84. The van der Waals surface area contributed by atoms with Gasteiger partial charge in [0.2, 0.25) is 5.78 Å². The number of benzene rings is 1. The number of carbonyl (C=O) groups excluding carboxylic acids is 1. The summed E-state index contributed by atoms with van der Waals surface area (Å²) in [6.45, 7) is 0. The molecule has 1 aromatic carbocycles. The van der Waals surface area contributed by atoms with Crippen LogP contribution < -0.4 is 9.47 Å².